The van der Waals surface area contributed by atoms with E-state index in [0.717, 1.165) is 12.2 Å². The molecule has 1 heterocycles. The van der Waals surface area contributed by atoms with Gasteiger partial charge in [0.1, 0.15) is 0 Å². The molecule has 1 saturated carbocycles. The zero-order valence-electron chi connectivity index (χ0n) is 12.7. The maximum atomic E-state index is 4.26. The molecule has 0 spiro atoms. The van der Waals surface area contributed by atoms with Crippen molar-refractivity contribution in [2.75, 3.05) is 0 Å². The predicted molar refractivity (Wildman–Crippen MR) is 86.5 cm³/mol. The van der Waals surface area contributed by atoms with Crippen LogP contribution in [-0.2, 0) is 6.54 Å². The molecule has 112 valence electrons. The van der Waals surface area contributed by atoms with E-state index < -0.39 is 0 Å². The van der Waals surface area contributed by atoms with Gasteiger partial charge in [0.05, 0.1) is 5.69 Å². The number of nitrogens with one attached hydrogen (secondary N) is 1. The van der Waals surface area contributed by atoms with Crippen LogP contribution in [0.5, 0.6) is 0 Å². The minimum Gasteiger partial charge on any atom is -0.310 e. The second kappa shape index (κ2) is 7.41. The number of nitrogens with zero attached hydrogens (tertiary/aromatic N) is 2. The van der Waals surface area contributed by atoms with Crippen LogP contribution in [0.15, 0.2) is 42.7 Å². The molecule has 2 aromatic rings. The Balaban J connectivity index is 1.53. The molecule has 21 heavy (non-hydrogen) atoms. The van der Waals surface area contributed by atoms with Crippen molar-refractivity contribution in [2.24, 2.45) is 0 Å². The standard InChI is InChI=1S/C18H25N3/c1-2-4-7-17(8-5-3-1)19-15-16-9-11-18(12-10-16)21-14-6-13-20-21/h6,9-14,17,19H,1-5,7-8,15H2. The lowest BCUT2D eigenvalue weighted by molar-refractivity contribution is 0.389. The zero-order chi connectivity index (χ0) is 14.3. The third-order valence-corrected chi connectivity index (χ3v) is 4.41. The number of benzene rings is 1. The summed E-state index contributed by atoms with van der Waals surface area (Å²) >= 11 is 0. The van der Waals surface area contributed by atoms with E-state index in [1.54, 1.807) is 0 Å². The highest BCUT2D eigenvalue weighted by molar-refractivity contribution is 5.33. The molecule has 3 heteroatoms. The Kier molecular flexibility index (Phi) is 5.06. The Morgan fingerprint density at radius 3 is 2.38 bits per heavy atom. The van der Waals surface area contributed by atoms with Gasteiger partial charge in [0.15, 0.2) is 0 Å². The number of rotatable bonds is 4. The first kappa shape index (κ1) is 14.3. The van der Waals surface area contributed by atoms with Crippen molar-refractivity contribution in [2.45, 2.75) is 57.5 Å². The lowest BCUT2D eigenvalue weighted by atomic mass is 9.96. The molecule has 1 fully saturated rings. The molecule has 0 amide bonds. The summed E-state index contributed by atoms with van der Waals surface area (Å²) in [6, 6.07) is 11.3. The fourth-order valence-corrected chi connectivity index (χ4v) is 3.11. The van der Waals surface area contributed by atoms with Gasteiger partial charge >= 0.3 is 0 Å². The topological polar surface area (TPSA) is 29.9 Å². The number of hydrogen-bond acceptors (Lipinski definition) is 2. The van der Waals surface area contributed by atoms with Crippen LogP contribution in [0.2, 0.25) is 0 Å². The summed E-state index contributed by atoms with van der Waals surface area (Å²) in [5.74, 6) is 0. The van der Waals surface area contributed by atoms with Gasteiger partial charge in [0, 0.05) is 25.0 Å². The predicted octanol–water partition coefficient (Wildman–Crippen LogP) is 4.07. The van der Waals surface area contributed by atoms with Crippen molar-refractivity contribution in [3.05, 3.63) is 48.3 Å². The number of aromatic nitrogens is 2. The van der Waals surface area contributed by atoms with Crippen LogP contribution in [0, 0.1) is 0 Å². The molecule has 0 bridgehead atoms. The summed E-state index contributed by atoms with van der Waals surface area (Å²) in [7, 11) is 0. The summed E-state index contributed by atoms with van der Waals surface area (Å²) in [4.78, 5) is 0. The largest absolute Gasteiger partial charge is 0.310 e. The number of hydrogen-bond donors (Lipinski definition) is 1. The minimum atomic E-state index is 0.705. The highest BCUT2D eigenvalue weighted by Gasteiger charge is 2.10. The molecule has 0 aliphatic heterocycles. The molecule has 0 saturated heterocycles. The van der Waals surface area contributed by atoms with E-state index in [4.69, 9.17) is 0 Å². The third-order valence-electron chi connectivity index (χ3n) is 4.41. The molecular formula is C18H25N3. The monoisotopic (exact) mass is 283 g/mol. The summed E-state index contributed by atoms with van der Waals surface area (Å²) in [6.07, 6.45) is 13.5. The highest BCUT2D eigenvalue weighted by Crippen LogP contribution is 2.17. The maximum Gasteiger partial charge on any atom is 0.0645 e. The van der Waals surface area contributed by atoms with Crippen LogP contribution in [0.1, 0.15) is 50.5 Å². The van der Waals surface area contributed by atoms with Crippen molar-refractivity contribution in [1.29, 1.82) is 0 Å². The maximum absolute atomic E-state index is 4.26. The fraction of sp³-hybridized carbons (Fsp3) is 0.500. The van der Waals surface area contributed by atoms with Crippen LogP contribution < -0.4 is 5.32 Å². The SMILES string of the molecule is c1cnn(-c2ccc(CNC3CCCCCCC3)cc2)c1. The van der Waals surface area contributed by atoms with Crippen LogP contribution in [-0.4, -0.2) is 15.8 Å². The minimum absolute atomic E-state index is 0.705. The highest BCUT2D eigenvalue weighted by atomic mass is 15.3. The van der Waals surface area contributed by atoms with Gasteiger partial charge in [-0.25, -0.2) is 4.68 Å². The Hall–Kier alpha value is -1.61. The van der Waals surface area contributed by atoms with E-state index in [0.29, 0.717) is 6.04 Å². The first-order valence-electron chi connectivity index (χ1n) is 8.24. The van der Waals surface area contributed by atoms with E-state index >= 15 is 0 Å². The summed E-state index contributed by atoms with van der Waals surface area (Å²) < 4.78 is 1.89. The van der Waals surface area contributed by atoms with Crippen molar-refractivity contribution >= 4 is 0 Å². The van der Waals surface area contributed by atoms with Gasteiger partial charge in [-0.3, -0.25) is 0 Å². The molecule has 1 aromatic carbocycles. The van der Waals surface area contributed by atoms with E-state index in [1.165, 1.54) is 50.5 Å². The first-order chi connectivity index (χ1) is 10.4. The molecule has 3 nitrogen and oxygen atoms in total. The van der Waals surface area contributed by atoms with Crippen molar-refractivity contribution in [3.63, 3.8) is 0 Å². The fourth-order valence-electron chi connectivity index (χ4n) is 3.11. The molecule has 1 aliphatic rings. The molecule has 3 rings (SSSR count). The van der Waals surface area contributed by atoms with Gasteiger partial charge in [-0.15, -0.1) is 0 Å². The molecule has 0 unspecified atom stereocenters. The quantitative estimate of drug-likeness (QED) is 0.916. The summed E-state index contributed by atoms with van der Waals surface area (Å²) in [5, 5.41) is 7.99. The van der Waals surface area contributed by atoms with Crippen LogP contribution in [0.4, 0.5) is 0 Å². The molecule has 0 radical (unpaired) electrons. The molecular weight excluding hydrogens is 258 g/mol. The first-order valence-corrected chi connectivity index (χ1v) is 8.24. The third kappa shape index (κ3) is 4.18. The second-order valence-corrected chi connectivity index (χ2v) is 6.04. The molecule has 0 atom stereocenters. The second-order valence-electron chi connectivity index (χ2n) is 6.04. The lowest BCUT2D eigenvalue weighted by Crippen LogP contribution is -2.29. The normalized spacial score (nSPS) is 17.3. The Morgan fingerprint density at radius 1 is 1.00 bits per heavy atom. The average molecular weight is 283 g/mol. The van der Waals surface area contributed by atoms with Crippen molar-refractivity contribution in [1.82, 2.24) is 15.1 Å². The van der Waals surface area contributed by atoms with E-state index in [9.17, 15) is 0 Å². The lowest BCUT2D eigenvalue weighted by Gasteiger charge is -2.21. The summed E-state index contributed by atoms with van der Waals surface area (Å²) in [6.45, 7) is 0.976. The smallest absolute Gasteiger partial charge is 0.0645 e. The Bertz CT molecular complexity index is 508. The Morgan fingerprint density at radius 2 is 1.71 bits per heavy atom. The van der Waals surface area contributed by atoms with Gasteiger partial charge in [-0.2, -0.15) is 5.10 Å². The summed E-state index contributed by atoms with van der Waals surface area (Å²) in [5.41, 5.74) is 2.47. The van der Waals surface area contributed by atoms with Crippen LogP contribution in [0.25, 0.3) is 5.69 Å². The van der Waals surface area contributed by atoms with Gasteiger partial charge < -0.3 is 5.32 Å². The van der Waals surface area contributed by atoms with Crippen LogP contribution >= 0.6 is 0 Å². The van der Waals surface area contributed by atoms with Crippen LogP contribution in [0.3, 0.4) is 0 Å². The Labute approximate surface area is 127 Å². The van der Waals surface area contributed by atoms with Gasteiger partial charge in [-0.1, -0.05) is 44.2 Å². The van der Waals surface area contributed by atoms with Gasteiger partial charge in [-0.05, 0) is 36.6 Å². The molecule has 1 N–H and O–H groups in total. The average Bonchev–Trinajstić information content (AvgIpc) is 3.01. The van der Waals surface area contributed by atoms with Gasteiger partial charge in [0.2, 0.25) is 0 Å². The van der Waals surface area contributed by atoms with Crippen molar-refractivity contribution in [3.8, 4) is 5.69 Å². The molecule has 1 aromatic heterocycles. The van der Waals surface area contributed by atoms with E-state index in [-0.39, 0.29) is 0 Å². The molecule has 1 aliphatic carbocycles. The zero-order valence-corrected chi connectivity index (χ0v) is 12.7. The van der Waals surface area contributed by atoms with E-state index in [2.05, 4.69) is 34.7 Å². The van der Waals surface area contributed by atoms with Gasteiger partial charge in [0.25, 0.3) is 0 Å². The van der Waals surface area contributed by atoms with Crippen molar-refractivity contribution < 1.29 is 0 Å². The van der Waals surface area contributed by atoms with E-state index in [1.807, 2.05) is 23.1 Å².